The van der Waals surface area contributed by atoms with Crippen molar-refractivity contribution in [2.24, 2.45) is 4.99 Å². The van der Waals surface area contributed by atoms with Crippen LogP contribution in [0.15, 0.2) is 174 Å². The molecule has 0 radical (unpaired) electrons. The monoisotopic (exact) mass is 735 g/mol. The standard InChI is InChI=1S/C48H29N7S/c1-2-12-31-30(11-1)32-22-21-28(25-36(32)34-14-10-24-50-45(34)44-33(31)13-9-23-49-44)35-26-29(27-43-46(35)56-48-52-38-16-4-6-18-40(38)55(43)48)53-41-19-7-8-20-42(41)54-39-17-5-3-15-37(39)51-47(53)54/h1-27,38,40H. The van der Waals surface area contributed by atoms with E-state index in [1.54, 1.807) is 11.8 Å². The van der Waals surface area contributed by atoms with Crippen molar-refractivity contribution in [1.29, 1.82) is 0 Å². The van der Waals surface area contributed by atoms with Crippen LogP contribution in [0.25, 0.3) is 89.4 Å². The van der Waals surface area contributed by atoms with Gasteiger partial charge in [-0.05, 0) is 99.7 Å². The van der Waals surface area contributed by atoms with Gasteiger partial charge >= 0.3 is 0 Å². The first kappa shape index (κ1) is 30.3. The summed E-state index contributed by atoms with van der Waals surface area (Å²) >= 11 is 1.78. The Hall–Kier alpha value is -7.03. The molecule has 0 N–H and O–H groups in total. The van der Waals surface area contributed by atoms with Crippen LogP contribution in [-0.2, 0) is 0 Å². The largest absolute Gasteiger partial charge is 0.310 e. The summed E-state index contributed by atoms with van der Waals surface area (Å²) in [6, 6.07) is 46.0. The number of amidine groups is 1. The van der Waals surface area contributed by atoms with Crippen LogP contribution in [0.2, 0.25) is 0 Å². The zero-order chi connectivity index (χ0) is 36.5. The van der Waals surface area contributed by atoms with Crippen molar-refractivity contribution < 1.29 is 0 Å². The number of anilines is 1. The molecule has 0 fully saturated rings. The molecule has 2 unspecified atom stereocenters. The number of imidazole rings is 2. The van der Waals surface area contributed by atoms with E-state index in [4.69, 9.17) is 19.9 Å². The number of aromatic nitrogens is 5. The van der Waals surface area contributed by atoms with Crippen LogP contribution < -0.4 is 4.90 Å². The van der Waals surface area contributed by atoms with Crippen molar-refractivity contribution in [3.8, 4) is 61.6 Å². The summed E-state index contributed by atoms with van der Waals surface area (Å²) in [5, 5.41) is 1.04. The van der Waals surface area contributed by atoms with Crippen molar-refractivity contribution in [1.82, 2.24) is 23.9 Å². The number of hydrogen-bond donors (Lipinski definition) is 0. The first-order valence-corrected chi connectivity index (χ1v) is 19.7. The molecular formula is C48H29N7S. The number of allylic oxidation sites excluding steroid dienone is 2. The molecule has 8 heteroatoms. The average molecular weight is 736 g/mol. The van der Waals surface area contributed by atoms with Gasteiger partial charge in [0.25, 0.3) is 0 Å². The Bertz CT molecular complexity index is 3270. The van der Waals surface area contributed by atoms with Gasteiger partial charge in [-0.15, -0.1) is 0 Å². The van der Waals surface area contributed by atoms with Crippen molar-refractivity contribution in [3.63, 3.8) is 0 Å². The number of aliphatic imine (C=N–C) groups is 1. The topological polar surface area (TPSA) is 63.6 Å². The molecule has 2 aliphatic carbocycles. The Morgan fingerprint density at radius 2 is 1.23 bits per heavy atom. The van der Waals surface area contributed by atoms with Gasteiger partial charge < -0.3 is 4.90 Å². The molecule has 5 aromatic carbocycles. The van der Waals surface area contributed by atoms with Gasteiger partial charge in [0, 0.05) is 28.4 Å². The highest BCUT2D eigenvalue weighted by Crippen LogP contribution is 2.53. The Kier molecular flexibility index (Phi) is 6.09. The molecule has 13 rings (SSSR count). The van der Waals surface area contributed by atoms with Crippen molar-refractivity contribution >= 4 is 50.5 Å². The molecule has 4 aromatic heterocycles. The smallest absolute Gasteiger partial charge is 0.220 e. The van der Waals surface area contributed by atoms with E-state index in [-0.39, 0.29) is 12.1 Å². The van der Waals surface area contributed by atoms with Crippen LogP contribution in [0.5, 0.6) is 0 Å². The molecule has 2 aliphatic heterocycles. The summed E-state index contributed by atoms with van der Waals surface area (Å²) in [6.45, 7) is 0. The van der Waals surface area contributed by atoms with E-state index in [0.29, 0.717) is 0 Å². The number of pyridine rings is 2. The van der Waals surface area contributed by atoms with E-state index < -0.39 is 0 Å². The second kappa shape index (κ2) is 11.3. The van der Waals surface area contributed by atoms with Gasteiger partial charge in [0.2, 0.25) is 5.78 Å². The number of fused-ring (bicyclic) bond motifs is 18. The molecule has 0 bridgehead atoms. The second-order valence-electron chi connectivity index (χ2n) is 14.6. The molecule has 56 heavy (non-hydrogen) atoms. The van der Waals surface area contributed by atoms with Crippen LogP contribution >= 0.6 is 11.8 Å². The molecular weight excluding hydrogens is 707 g/mol. The number of hydrogen-bond acceptors (Lipinski definition) is 6. The van der Waals surface area contributed by atoms with Gasteiger partial charge in [0.15, 0.2) is 5.17 Å². The molecule has 0 saturated carbocycles. The maximum atomic E-state index is 5.25. The molecule has 0 saturated heterocycles. The van der Waals surface area contributed by atoms with E-state index in [1.165, 1.54) is 16.0 Å². The summed E-state index contributed by atoms with van der Waals surface area (Å²) in [5.41, 5.74) is 17.3. The van der Waals surface area contributed by atoms with Crippen molar-refractivity contribution in [3.05, 3.63) is 164 Å². The first-order valence-electron chi connectivity index (χ1n) is 18.9. The third-order valence-corrected chi connectivity index (χ3v) is 12.8. The average Bonchev–Trinajstić information content (AvgIpc) is 4.00. The fourth-order valence-corrected chi connectivity index (χ4v) is 10.5. The summed E-state index contributed by atoms with van der Waals surface area (Å²) in [6.07, 6.45) is 12.5. The van der Waals surface area contributed by atoms with Crippen molar-refractivity contribution in [2.75, 3.05) is 4.90 Å². The van der Waals surface area contributed by atoms with E-state index in [9.17, 15) is 0 Å². The van der Waals surface area contributed by atoms with Gasteiger partial charge in [-0.2, -0.15) is 0 Å². The minimum absolute atomic E-state index is 0.0939. The Labute approximate surface area is 325 Å². The maximum absolute atomic E-state index is 5.25. The zero-order valence-corrected chi connectivity index (χ0v) is 30.6. The number of thioether (sulfide) groups is 1. The van der Waals surface area contributed by atoms with Crippen LogP contribution in [0, 0.1) is 0 Å². The molecule has 4 aliphatic rings. The lowest BCUT2D eigenvalue weighted by molar-refractivity contribution is 0.737. The van der Waals surface area contributed by atoms with E-state index in [2.05, 4.69) is 153 Å². The lowest BCUT2D eigenvalue weighted by atomic mass is 9.83. The molecule has 7 nitrogen and oxygen atoms in total. The third-order valence-electron chi connectivity index (χ3n) is 11.7. The van der Waals surface area contributed by atoms with Gasteiger partial charge in [-0.25, -0.2) is 4.98 Å². The van der Waals surface area contributed by atoms with E-state index in [0.717, 1.165) is 89.2 Å². The van der Waals surface area contributed by atoms with Gasteiger partial charge in [0.1, 0.15) is 0 Å². The van der Waals surface area contributed by atoms with E-state index >= 15 is 0 Å². The summed E-state index contributed by atoms with van der Waals surface area (Å²) in [5.74, 6) is 0.888. The van der Waals surface area contributed by atoms with Crippen molar-refractivity contribution in [2.45, 2.75) is 17.0 Å². The highest BCUT2D eigenvalue weighted by atomic mass is 32.2. The molecule has 6 heterocycles. The Balaban J connectivity index is 1.10. The highest BCUT2D eigenvalue weighted by molar-refractivity contribution is 8.15. The highest BCUT2D eigenvalue weighted by Gasteiger charge is 2.42. The van der Waals surface area contributed by atoms with Crippen LogP contribution in [-0.4, -0.2) is 41.2 Å². The number of nitrogens with zero attached hydrogens (tertiary/aromatic N) is 7. The van der Waals surface area contributed by atoms with E-state index in [1.807, 2.05) is 24.5 Å². The number of benzene rings is 5. The molecule has 2 atom stereocenters. The lowest BCUT2D eigenvalue weighted by Gasteiger charge is -2.26. The zero-order valence-electron chi connectivity index (χ0n) is 29.8. The number of para-hydroxylation sites is 4. The normalized spacial score (nSPS) is 17.1. The number of rotatable bonds is 2. The summed E-state index contributed by atoms with van der Waals surface area (Å²) in [7, 11) is 0. The first-order chi connectivity index (χ1) is 27.8. The van der Waals surface area contributed by atoms with Gasteiger partial charge in [-0.1, -0.05) is 97.1 Å². The maximum Gasteiger partial charge on any atom is 0.220 e. The van der Waals surface area contributed by atoms with Crippen LogP contribution in [0.3, 0.4) is 0 Å². The van der Waals surface area contributed by atoms with Crippen LogP contribution in [0.4, 0.5) is 5.69 Å². The molecule has 9 aromatic rings. The molecule has 0 amide bonds. The fourth-order valence-electron chi connectivity index (χ4n) is 9.27. The van der Waals surface area contributed by atoms with Gasteiger partial charge in [-0.3, -0.25) is 23.9 Å². The predicted molar refractivity (Wildman–Crippen MR) is 227 cm³/mol. The SMILES string of the molecule is C1=CC2N=C3Sc4c(-c5ccc6c(c5)-c5cccnc5-c5ncccc5-c5ccccc5-6)cc(-n5c6ccccc6n6c7ccccc7nc56)cc4N3C2C=C1. The van der Waals surface area contributed by atoms with Gasteiger partial charge in [0.05, 0.1) is 56.9 Å². The lowest BCUT2D eigenvalue weighted by Crippen LogP contribution is -2.35. The quantitative estimate of drug-likeness (QED) is 0.177. The molecule has 0 spiro atoms. The van der Waals surface area contributed by atoms with Crippen LogP contribution in [0.1, 0.15) is 0 Å². The molecule has 262 valence electrons. The fraction of sp³-hybridized carbons (Fsp3) is 0.0417. The third kappa shape index (κ3) is 4.08. The Morgan fingerprint density at radius 3 is 2.07 bits per heavy atom. The minimum Gasteiger partial charge on any atom is -0.310 e. The summed E-state index contributed by atoms with van der Waals surface area (Å²) in [4.78, 5) is 24.0. The Morgan fingerprint density at radius 1 is 0.554 bits per heavy atom. The second-order valence-corrected chi connectivity index (χ2v) is 15.6. The predicted octanol–water partition coefficient (Wildman–Crippen LogP) is 11.0. The minimum atomic E-state index is 0.0939. The summed E-state index contributed by atoms with van der Waals surface area (Å²) < 4.78 is 4.62.